The highest BCUT2D eigenvalue weighted by atomic mass is 19.3. The first-order chi connectivity index (χ1) is 6.69. The van der Waals surface area contributed by atoms with E-state index in [-0.39, 0.29) is 5.75 Å². The Morgan fingerprint density at radius 2 is 2.21 bits per heavy atom. The summed E-state index contributed by atoms with van der Waals surface area (Å²) in [6.45, 7) is 2.73. The minimum absolute atomic E-state index is 0.236. The number of rotatable bonds is 4. The first kappa shape index (κ1) is 10.7. The highest BCUT2D eigenvalue weighted by molar-refractivity contribution is 5.56. The molecule has 0 saturated carbocycles. The van der Waals surface area contributed by atoms with Crippen LogP contribution in [0.2, 0.25) is 0 Å². The van der Waals surface area contributed by atoms with Crippen molar-refractivity contribution in [1.29, 1.82) is 0 Å². The molecule has 0 spiro atoms. The van der Waals surface area contributed by atoms with E-state index in [1.54, 1.807) is 12.1 Å². The molecule has 0 fully saturated rings. The van der Waals surface area contributed by atoms with Crippen molar-refractivity contribution in [2.24, 2.45) is 0 Å². The van der Waals surface area contributed by atoms with Crippen LogP contribution in [0.1, 0.15) is 18.1 Å². The van der Waals surface area contributed by atoms with E-state index in [1.807, 2.05) is 13.0 Å². The van der Waals surface area contributed by atoms with Crippen molar-refractivity contribution < 1.29 is 13.5 Å². The van der Waals surface area contributed by atoms with Crippen LogP contribution in [0.4, 0.5) is 8.78 Å². The normalized spacial score (nSPS) is 10.3. The second-order valence-electron chi connectivity index (χ2n) is 2.76. The van der Waals surface area contributed by atoms with Crippen LogP contribution in [0.25, 0.3) is 6.08 Å². The second kappa shape index (κ2) is 4.74. The zero-order valence-corrected chi connectivity index (χ0v) is 7.97. The van der Waals surface area contributed by atoms with Gasteiger partial charge >= 0.3 is 6.61 Å². The first-order valence-electron chi connectivity index (χ1n) is 4.38. The highest BCUT2D eigenvalue weighted by Gasteiger charge is 2.10. The lowest BCUT2D eigenvalue weighted by molar-refractivity contribution is -0.0504. The molecule has 1 aromatic carbocycles. The first-order valence-corrected chi connectivity index (χ1v) is 4.38. The van der Waals surface area contributed by atoms with E-state index in [2.05, 4.69) is 11.3 Å². The van der Waals surface area contributed by atoms with Crippen molar-refractivity contribution in [3.63, 3.8) is 0 Å². The van der Waals surface area contributed by atoms with Crippen LogP contribution in [0.5, 0.6) is 5.75 Å². The Balaban J connectivity index is 3.08. The van der Waals surface area contributed by atoms with Gasteiger partial charge in [-0.1, -0.05) is 31.7 Å². The van der Waals surface area contributed by atoms with E-state index in [0.717, 1.165) is 11.1 Å². The van der Waals surface area contributed by atoms with Crippen LogP contribution in [0, 0.1) is 0 Å². The molecule has 0 aromatic heterocycles. The quantitative estimate of drug-likeness (QED) is 0.719. The van der Waals surface area contributed by atoms with Crippen LogP contribution in [0.15, 0.2) is 24.8 Å². The van der Waals surface area contributed by atoms with Crippen LogP contribution < -0.4 is 4.74 Å². The summed E-state index contributed by atoms with van der Waals surface area (Å²) < 4.78 is 28.4. The largest absolute Gasteiger partial charge is 0.435 e. The molecule has 0 aliphatic rings. The van der Waals surface area contributed by atoms with Crippen molar-refractivity contribution in [2.75, 3.05) is 0 Å². The smallest absolute Gasteiger partial charge is 0.387 e. The molecule has 3 heteroatoms. The second-order valence-corrected chi connectivity index (χ2v) is 2.76. The third-order valence-electron chi connectivity index (χ3n) is 1.96. The van der Waals surface area contributed by atoms with Gasteiger partial charge in [-0.2, -0.15) is 8.78 Å². The standard InChI is InChI=1S/C11H12F2O/c1-3-8-6-5-7-10(9(8)4-2)14-11(12)13/h3,5-7,11H,1,4H2,2H3. The maximum absolute atomic E-state index is 12.0. The summed E-state index contributed by atoms with van der Waals surface area (Å²) >= 11 is 0. The van der Waals surface area contributed by atoms with Gasteiger partial charge in [-0.05, 0) is 18.1 Å². The van der Waals surface area contributed by atoms with E-state index in [0.29, 0.717) is 6.42 Å². The van der Waals surface area contributed by atoms with Gasteiger partial charge in [0.1, 0.15) is 5.75 Å². The van der Waals surface area contributed by atoms with Crippen molar-refractivity contribution >= 4 is 6.08 Å². The van der Waals surface area contributed by atoms with Crippen molar-refractivity contribution in [3.8, 4) is 5.75 Å². The third kappa shape index (κ3) is 2.31. The Bertz CT molecular complexity index is 321. The average molecular weight is 198 g/mol. The van der Waals surface area contributed by atoms with Gasteiger partial charge in [-0.15, -0.1) is 0 Å². The molecule has 0 amide bonds. The molecule has 0 unspecified atom stereocenters. The van der Waals surface area contributed by atoms with Crippen LogP contribution in [-0.2, 0) is 6.42 Å². The monoisotopic (exact) mass is 198 g/mol. The van der Waals surface area contributed by atoms with Gasteiger partial charge in [0.15, 0.2) is 0 Å². The molecule has 0 radical (unpaired) electrons. The van der Waals surface area contributed by atoms with E-state index in [1.165, 1.54) is 6.07 Å². The lowest BCUT2D eigenvalue weighted by atomic mass is 10.0. The molecular formula is C11H12F2O. The summed E-state index contributed by atoms with van der Waals surface area (Å²) in [5.41, 5.74) is 1.61. The van der Waals surface area contributed by atoms with E-state index < -0.39 is 6.61 Å². The summed E-state index contributed by atoms with van der Waals surface area (Å²) in [4.78, 5) is 0. The maximum atomic E-state index is 12.0. The predicted molar refractivity (Wildman–Crippen MR) is 52.5 cm³/mol. The zero-order valence-electron chi connectivity index (χ0n) is 7.97. The van der Waals surface area contributed by atoms with Gasteiger partial charge in [0, 0.05) is 5.56 Å². The predicted octanol–water partition coefficient (Wildman–Crippen LogP) is 3.49. The number of alkyl halides is 2. The minimum Gasteiger partial charge on any atom is -0.435 e. The number of hydrogen-bond acceptors (Lipinski definition) is 1. The Labute approximate surface area is 82.0 Å². The Kier molecular flexibility index (Phi) is 3.63. The van der Waals surface area contributed by atoms with Gasteiger partial charge in [0.25, 0.3) is 0 Å². The van der Waals surface area contributed by atoms with Gasteiger partial charge in [0.05, 0.1) is 0 Å². The minimum atomic E-state index is -2.78. The van der Waals surface area contributed by atoms with Crippen LogP contribution in [0.3, 0.4) is 0 Å². The van der Waals surface area contributed by atoms with E-state index >= 15 is 0 Å². The molecule has 0 N–H and O–H groups in total. The molecule has 0 heterocycles. The molecule has 0 bridgehead atoms. The van der Waals surface area contributed by atoms with Crippen LogP contribution >= 0.6 is 0 Å². The summed E-state index contributed by atoms with van der Waals surface area (Å²) in [7, 11) is 0. The number of benzene rings is 1. The van der Waals surface area contributed by atoms with Crippen LogP contribution in [-0.4, -0.2) is 6.61 Å². The Morgan fingerprint density at radius 3 is 2.71 bits per heavy atom. The summed E-state index contributed by atoms with van der Waals surface area (Å²) in [5, 5.41) is 0. The fourth-order valence-electron chi connectivity index (χ4n) is 1.36. The maximum Gasteiger partial charge on any atom is 0.387 e. The molecular weight excluding hydrogens is 186 g/mol. The van der Waals surface area contributed by atoms with Gasteiger partial charge in [0.2, 0.25) is 0 Å². The Hall–Kier alpha value is -1.38. The molecule has 0 aliphatic carbocycles. The number of halogens is 2. The fourth-order valence-corrected chi connectivity index (χ4v) is 1.36. The molecule has 1 aromatic rings. The summed E-state index contributed by atoms with van der Waals surface area (Å²) in [6.07, 6.45) is 2.28. The molecule has 76 valence electrons. The van der Waals surface area contributed by atoms with Crippen molar-refractivity contribution in [3.05, 3.63) is 35.9 Å². The fraction of sp³-hybridized carbons (Fsp3) is 0.273. The average Bonchev–Trinajstić information content (AvgIpc) is 2.16. The zero-order chi connectivity index (χ0) is 10.6. The summed E-state index contributed by atoms with van der Waals surface area (Å²) in [5.74, 6) is 0.236. The number of ether oxygens (including phenoxy) is 1. The molecule has 0 aliphatic heterocycles. The lowest BCUT2D eigenvalue weighted by Crippen LogP contribution is -2.04. The topological polar surface area (TPSA) is 9.23 Å². The van der Waals surface area contributed by atoms with E-state index in [4.69, 9.17) is 0 Å². The van der Waals surface area contributed by atoms with Gasteiger partial charge in [-0.3, -0.25) is 0 Å². The van der Waals surface area contributed by atoms with Gasteiger partial charge in [-0.25, -0.2) is 0 Å². The van der Waals surface area contributed by atoms with Crippen molar-refractivity contribution in [1.82, 2.24) is 0 Å². The van der Waals surface area contributed by atoms with Crippen molar-refractivity contribution in [2.45, 2.75) is 20.0 Å². The SMILES string of the molecule is C=Cc1cccc(OC(F)F)c1CC. The van der Waals surface area contributed by atoms with E-state index in [9.17, 15) is 8.78 Å². The summed E-state index contributed by atoms with van der Waals surface area (Å²) in [6, 6.07) is 5.04. The van der Waals surface area contributed by atoms with Gasteiger partial charge < -0.3 is 4.74 Å². The Morgan fingerprint density at radius 1 is 1.50 bits per heavy atom. The molecule has 1 rings (SSSR count). The molecule has 14 heavy (non-hydrogen) atoms. The highest BCUT2D eigenvalue weighted by Crippen LogP contribution is 2.25. The lowest BCUT2D eigenvalue weighted by Gasteiger charge is -2.11. The molecule has 0 atom stereocenters. The number of hydrogen-bond donors (Lipinski definition) is 0. The third-order valence-corrected chi connectivity index (χ3v) is 1.96. The molecule has 1 nitrogen and oxygen atoms in total. The molecule has 0 saturated heterocycles.